The van der Waals surface area contributed by atoms with Crippen molar-refractivity contribution in [2.24, 2.45) is 0 Å². The van der Waals surface area contributed by atoms with Gasteiger partial charge < -0.3 is 29.0 Å². The van der Waals surface area contributed by atoms with Crippen LogP contribution in [0.5, 0.6) is 11.5 Å². The van der Waals surface area contributed by atoms with E-state index in [1.807, 2.05) is 6.92 Å². The number of piperazine rings is 1. The minimum atomic E-state index is -0.198. The largest absolute Gasteiger partial charge is 0.466 e. The molecule has 1 saturated heterocycles. The third kappa shape index (κ3) is 3.42. The van der Waals surface area contributed by atoms with Crippen molar-refractivity contribution in [2.45, 2.75) is 13.8 Å². The first-order valence-corrected chi connectivity index (χ1v) is 8.83. The zero-order valence-electron chi connectivity index (χ0n) is 15.3. The number of amides is 3. The van der Waals surface area contributed by atoms with Crippen molar-refractivity contribution in [2.75, 3.05) is 38.3 Å². The monoisotopic (exact) mass is 371 g/mol. The number of carbonyl (C=O) groups is 2. The molecule has 0 unspecified atom stereocenters. The summed E-state index contributed by atoms with van der Waals surface area (Å²) in [6.45, 7) is 5.71. The highest BCUT2D eigenvalue weighted by Gasteiger charge is 2.27. The van der Waals surface area contributed by atoms with Gasteiger partial charge in [-0.1, -0.05) is 0 Å². The second-order valence-corrected chi connectivity index (χ2v) is 6.60. The Hall–Kier alpha value is -3.16. The van der Waals surface area contributed by atoms with E-state index in [0.29, 0.717) is 54.7 Å². The smallest absolute Gasteiger partial charge is 0.321 e. The van der Waals surface area contributed by atoms with Crippen LogP contribution < -0.4 is 14.8 Å². The number of nitrogens with one attached hydrogen (secondary N) is 1. The van der Waals surface area contributed by atoms with Crippen LogP contribution in [0, 0.1) is 13.8 Å². The van der Waals surface area contributed by atoms with Gasteiger partial charge in [0.2, 0.25) is 6.79 Å². The van der Waals surface area contributed by atoms with E-state index < -0.39 is 0 Å². The van der Waals surface area contributed by atoms with Crippen LogP contribution in [0.2, 0.25) is 0 Å². The van der Waals surface area contributed by atoms with Crippen LogP contribution in [0.4, 0.5) is 10.5 Å². The molecule has 0 atom stereocenters. The zero-order valence-corrected chi connectivity index (χ0v) is 15.3. The molecule has 8 heteroatoms. The fraction of sp³-hybridized carbons (Fsp3) is 0.368. The van der Waals surface area contributed by atoms with E-state index in [-0.39, 0.29) is 18.7 Å². The van der Waals surface area contributed by atoms with E-state index in [0.717, 1.165) is 5.76 Å². The Bertz CT molecular complexity index is 883. The van der Waals surface area contributed by atoms with E-state index in [9.17, 15) is 9.59 Å². The normalized spacial score (nSPS) is 15.8. The summed E-state index contributed by atoms with van der Waals surface area (Å²) in [6, 6.07) is 6.84. The lowest BCUT2D eigenvalue weighted by Crippen LogP contribution is -2.51. The summed E-state index contributed by atoms with van der Waals surface area (Å²) in [5.74, 6) is 2.58. The Kier molecular flexibility index (Phi) is 4.39. The predicted octanol–water partition coefficient (Wildman–Crippen LogP) is 2.62. The van der Waals surface area contributed by atoms with Crippen molar-refractivity contribution in [1.29, 1.82) is 0 Å². The molecule has 4 rings (SSSR count). The van der Waals surface area contributed by atoms with Gasteiger partial charge in [-0.05, 0) is 32.0 Å². The van der Waals surface area contributed by atoms with Gasteiger partial charge in [-0.15, -0.1) is 0 Å². The lowest BCUT2D eigenvalue weighted by molar-refractivity contribution is 0.0670. The van der Waals surface area contributed by atoms with Gasteiger partial charge >= 0.3 is 6.03 Å². The van der Waals surface area contributed by atoms with Gasteiger partial charge in [0.25, 0.3) is 5.91 Å². The molecule has 1 fully saturated rings. The quantitative estimate of drug-likeness (QED) is 0.877. The molecule has 1 aromatic carbocycles. The standard InChI is InChI=1S/C19H21N3O5/c1-12-9-15(13(2)27-12)18(23)21-5-7-22(8-6-21)19(24)20-14-3-4-16-17(10-14)26-11-25-16/h3-4,9-10H,5-8,11H2,1-2H3,(H,20,24). The third-order valence-corrected chi connectivity index (χ3v) is 4.75. The van der Waals surface area contributed by atoms with Gasteiger partial charge in [-0.3, -0.25) is 4.79 Å². The van der Waals surface area contributed by atoms with Crippen LogP contribution in [-0.2, 0) is 0 Å². The van der Waals surface area contributed by atoms with Crippen LogP contribution in [0.15, 0.2) is 28.7 Å². The maximum atomic E-state index is 12.6. The molecule has 27 heavy (non-hydrogen) atoms. The number of hydrogen-bond acceptors (Lipinski definition) is 5. The Labute approximate surface area is 156 Å². The Morgan fingerprint density at radius 1 is 0.963 bits per heavy atom. The molecule has 2 aromatic rings. The summed E-state index contributed by atoms with van der Waals surface area (Å²) in [4.78, 5) is 28.6. The van der Waals surface area contributed by atoms with Crippen molar-refractivity contribution >= 4 is 17.6 Å². The second-order valence-electron chi connectivity index (χ2n) is 6.60. The third-order valence-electron chi connectivity index (χ3n) is 4.75. The summed E-state index contributed by atoms with van der Waals surface area (Å²) >= 11 is 0. The number of nitrogens with zero attached hydrogens (tertiary/aromatic N) is 2. The lowest BCUT2D eigenvalue weighted by atomic mass is 10.2. The highest BCUT2D eigenvalue weighted by molar-refractivity contribution is 5.95. The van der Waals surface area contributed by atoms with Crippen LogP contribution in [-0.4, -0.2) is 54.7 Å². The average molecular weight is 371 g/mol. The van der Waals surface area contributed by atoms with Gasteiger partial charge in [0.1, 0.15) is 11.5 Å². The molecule has 0 aliphatic carbocycles. The minimum absolute atomic E-state index is 0.0554. The van der Waals surface area contributed by atoms with Crippen molar-refractivity contribution in [1.82, 2.24) is 9.80 Å². The van der Waals surface area contributed by atoms with Gasteiger partial charge in [-0.2, -0.15) is 0 Å². The summed E-state index contributed by atoms with van der Waals surface area (Å²) in [5, 5.41) is 2.86. The van der Waals surface area contributed by atoms with Gasteiger partial charge in [-0.25, -0.2) is 4.79 Å². The predicted molar refractivity (Wildman–Crippen MR) is 97.2 cm³/mol. The molecule has 142 valence electrons. The molecule has 1 aromatic heterocycles. The number of urea groups is 1. The number of rotatable bonds is 2. The highest BCUT2D eigenvalue weighted by atomic mass is 16.7. The van der Waals surface area contributed by atoms with E-state index in [1.54, 1.807) is 41.0 Å². The summed E-state index contributed by atoms with van der Waals surface area (Å²) in [7, 11) is 0. The number of furan rings is 1. The molecule has 1 N–H and O–H groups in total. The number of benzene rings is 1. The Balaban J connectivity index is 1.34. The molecule has 0 spiro atoms. The summed E-state index contributed by atoms with van der Waals surface area (Å²) < 4.78 is 16.0. The fourth-order valence-corrected chi connectivity index (χ4v) is 3.30. The number of carbonyl (C=O) groups excluding carboxylic acids is 2. The maximum absolute atomic E-state index is 12.6. The number of anilines is 1. The number of ether oxygens (including phenoxy) is 2. The van der Waals surface area contributed by atoms with E-state index in [1.165, 1.54) is 0 Å². The Morgan fingerprint density at radius 3 is 2.37 bits per heavy atom. The molecule has 3 heterocycles. The van der Waals surface area contributed by atoms with E-state index >= 15 is 0 Å². The summed E-state index contributed by atoms with van der Waals surface area (Å²) in [6.07, 6.45) is 0. The minimum Gasteiger partial charge on any atom is -0.466 e. The summed E-state index contributed by atoms with van der Waals surface area (Å²) in [5.41, 5.74) is 1.23. The molecule has 8 nitrogen and oxygen atoms in total. The molecule has 3 amide bonds. The average Bonchev–Trinajstić information content (AvgIpc) is 3.26. The van der Waals surface area contributed by atoms with Crippen molar-refractivity contribution < 1.29 is 23.5 Å². The fourth-order valence-electron chi connectivity index (χ4n) is 3.30. The van der Waals surface area contributed by atoms with Crippen molar-refractivity contribution in [3.8, 4) is 11.5 Å². The topological polar surface area (TPSA) is 84.3 Å². The lowest BCUT2D eigenvalue weighted by Gasteiger charge is -2.34. The Morgan fingerprint density at radius 2 is 1.67 bits per heavy atom. The van der Waals surface area contributed by atoms with Gasteiger partial charge in [0, 0.05) is 37.9 Å². The van der Waals surface area contributed by atoms with Crippen LogP contribution >= 0.6 is 0 Å². The van der Waals surface area contributed by atoms with Crippen molar-refractivity contribution in [3.05, 3.63) is 41.3 Å². The first kappa shape index (κ1) is 17.3. The van der Waals surface area contributed by atoms with Crippen LogP contribution in [0.3, 0.4) is 0 Å². The number of fused-ring (bicyclic) bond motifs is 1. The zero-order chi connectivity index (χ0) is 19.0. The first-order chi connectivity index (χ1) is 13.0. The molecular formula is C19H21N3O5. The molecule has 0 radical (unpaired) electrons. The molecule has 2 aliphatic heterocycles. The van der Waals surface area contributed by atoms with Gasteiger partial charge in [0.15, 0.2) is 11.5 Å². The highest BCUT2D eigenvalue weighted by Crippen LogP contribution is 2.34. The molecule has 0 bridgehead atoms. The number of aryl methyl sites for hydroxylation is 2. The molecule has 0 saturated carbocycles. The van der Waals surface area contributed by atoms with Crippen LogP contribution in [0.1, 0.15) is 21.9 Å². The second kappa shape index (κ2) is 6.86. The molecular weight excluding hydrogens is 350 g/mol. The van der Waals surface area contributed by atoms with E-state index in [4.69, 9.17) is 13.9 Å². The van der Waals surface area contributed by atoms with Crippen molar-refractivity contribution in [3.63, 3.8) is 0 Å². The van der Waals surface area contributed by atoms with Crippen LogP contribution in [0.25, 0.3) is 0 Å². The van der Waals surface area contributed by atoms with E-state index in [2.05, 4.69) is 5.32 Å². The maximum Gasteiger partial charge on any atom is 0.321 e. The first-order valence-electron chi connectivity index (χ1n) is 8.83. The SMILES string of the molecule is Cc1cc(C(=O)N2CCN(C(=O)Nc3ccc4c(c3)OCO4)CC2)c(C)o1. The molecule has 2 aliphatic rings. The number of hydrogen-bond donors (Lipinski definition) is 1. The van der Waals surface area contributed by atoms with Gasteiger partial charge in [0.05, 0.1) is 5.56 Å².